The second-order valence-corrected chi connectivity index (χ2v) is 27.4. The monoisotopic (exact) mass is 1520 g/mol. The van der Waals surface area contributed by atoms with E-state index in [1.54, 1.807) is 38.0 Å². The van der Waals surface area contributed by atoms with E-state index in [0.717, 1.165) is 100 Å². The number of ether oxygens (including phenoxy) is 5. The van der Waals surface area contributed by atoms with E-state index in [1.807, 2.05) is 82.3 Å². The Hall–Kier alpha value is -12.5. The third kappa shape index (κ3) is 17.7. The fraction of sp³-hybridized carbons (Fsp3) is 0.310. The van der Waals surface area contributed by atoms with Crippen molar-refractivity contribution in [2.45, 2.75) is 111 Å². The highest BCUT2D eigenvalue weighted by Crippen LogP contribution is 2.39. The summed E-state index contributed by atoms with van der Waals surface area (Å²) in [6, 6.07) is 35.9. The number of hydrogen-bond acceptors (Lipinski definition) is 24. The molecule has 0 saturated carbocycles. The molecule has 3 unspecified atom stereocenters. The van der Waals surface area contributed by atoms with Gasteiger partial charge in [-0.25, -0.2) is 32.5 Å². The fourth-order valence-corrected chi connectivity index (χ4v) is 14.1. The van der Waals surface area contributed by atoms with Gasteiger partial charge in [-0.1, -0.05) is 32.8 Å². The molecule has 0 aliphatic carbocycles. The molecule has 13 aromatic rings. The molecule has 0 radical (unpaired) electrons. The average molecular weight is 1520 g/mol. The molecular weight excluding hydrogens is 1440 g/mol. The number of piperidine rings is 2. The van der Waals surface area contributed by atoms with E-state index in [9.17, 15) is 17.6 Å². The van der Waals surface area contributed by atoms with Gasteiger partial charge in [-0.15, -0.1) is 0 Å². The third-order valence-corrected chi connectivity index (χ3v) is 19.9. The molecule has 0 N–H and O–H groups in total. The molecule has 3 saturated heterocycles. The summed E-state index contributed by atoms with van der Waals surface area (Å²) in [4.78, 5) is 42.9. The lowest BCUT2D eigenvalue weighted by Gasteiger charge is -2.35. The van der Waals surface area contributed by atoms with Gasteiger partial charge in [0, 0.05) is 80.4 Å². The molecule has 112 heavy (non-hydrogen) atoms. The maximum atomic E-state index is 13.7. The number of methoxy groups -OCH3 is 5. The first-order valence-electron chi connectivity index (χ1n) is 36.8. The van der Waals surface area contributed by atoms with E-state index < -0.39 is 11.6 Å². The molecule has 11 heterocycles. The summed E-state index contributed by atoms with van der Waals surface area (Å²) in [5, 5.41) is 15.9. The maximum absolute atomic E-state index is 13.7. The van der Waals surface area contributed by atoms with Crippen molar-refractivity contribution in [3.05, 3.63) is 198 Å². The van der Waals surface area contributed by atoms with Gasteiger partial charge in [-0.05, 0) is 230 Å². The van der Waals surface area contributed by atoms with Crippen LogP contribution in [0.3, 0.4) is 0 Å². The first kappa shape index (κ1) is 77.7. The van der Waals surface area contributed by atoms with Gasteiger partial charge >= 0.3 is 0 Å². The van der Waals surface area contributed by atoms with E-state index in [2.05, 4.69) is 89.0 Å². The zero-order valence-corrected chi connectivity index (χ0v) is 64.0. The van der Waals surface area contributed by atoms with E-state index in [4.69, 9.17) is 41.8 Å². The van der Waals surface area contributed by atoms with Gasteiger partial charge in [0.2, 0.25) is 23.3 Å². The van der Waals surface area contributed by atoms with Crippen LogP contribution in [0.15, 0.2) is 170 Å². The highest BCUT2D eigenvalue weighted by atomic mass is 19.1. The Morgan fingerprint density at radius 3 is 1.21 bits per heavy atom. The van der Waals surface area contributed by atoms with Crippen LogP contribution in [0.2, 0.25) is 0 Å². The predicted octanol–water partition coefficient (Wildman–Crippen LogP) is 18.1. The van der Waals surface area contributed by atoms with Crippen molar-refractivity contribution in [3.63, 3.8) is 0 Å². The van der Waals surface area contributed by atoms with Crippen LogP contribution < -0.4 is 33.6 Å². The number of halogens is 4. The molecular formula is C84H85F4N15O9. The van der Waals surface area contributed by atoms with Crippen LogP contribution in [-0.2, 0) is 4.74 Å². The summed E-state index contributed by atoms with van der Waals surface area (Å²) in [7, 11) is 7.78. The largest absolute Gasteiger partial charge is 0.496 e. The molecule has 24 nitrogen and oxygen atoms in total. The number of aromatic nitrogens is 12. The SMILES string of the molecule is COCC1CCCN1c1ncc(-c2nc(-c3cc(F)ccc3OC)no2)cc1C.COc1ccc(F)cc1-c1noc(-c2ccc(-c3cccnc3C)c(C)c2)n1.COc1ccc(F)cc1-c1noc(-c2ccc(N3CCCCC3C)nc2)n1.COc1ccc(F)cc1-c1noc(-c2cnc(N3CCCCC3C)c(C)c2)n1. The normalized spacial score (nSPS) is 15.3. The number of anilines is 3. The van der Waals surface area contributed by atoms with Crippen molar-refractivity contribution in [3.8, 4) is 125 Å². The van der Waals surface area contributed by atoms with Gasteiger partial charge in [0.1, 0.15) is 63.7 Å². The van der Waals surface area contributed by atoms with Crippen molar-refractivity contribution >= 4 is 17.5 Å². The minimum atomic E-state index is -0.398. The van der Waals surface area contributed by atoms with Crippen molar-refractivity contribution in [2.24, 2.45) is 0 Å². The van der Waals surface area contributed by atoms with Gasteiger partial charge in [0.05, 0.1) is 80.0 Å². The molecule has 578 valence electrons. The quantitative estimate of drug-likeness (QED) is 0.0723. The van der Waals surface area contributed by atoms with E-state index in [-0.39, 0.29) is 34.9 Å². The first-order valence-corrected chi connectivity index (χ1v) is 36.8. The lowest BCUT2D eigenvalue weighted by molar-refractivity contribution is 0.180. The van der Waals surface area contributed by atoms with Gasteiger partial charge in [0.15, 0.2) is 0 Å². The number of benzene rings is 5. The Bertz CT molecular complexity index is 5390. The Kier molecular flexibility index (Phi) is 24.6. The predicted molar refractivity (Wildman–Crippen MR) is 416 cm³/mol. The molecule has 16 rings (SSSR count). The van der Waals surface area contributed by atoms with Crippen LogP contribution in [-0.4, -0.2) is 140 Å². The van der Waals surface area contributed by atoms with E-state index >= 15 is 0 Å². The second kappa shape index (κ2) is 35.5. The standard InChI is InChI=1S/C22H18FN3O2.C21H23FN4O3.C21H23FN4O2.C20H21FN4O2/c1-13-11-15(6-8-17(13)18-5-4-10-24-14(18)2)22-25-21(26-28-22)19-12-16(23)7-9-20(19)27-3;1-13-9-14(11-23-20(13)26-8-4-5-16(26)12-27-2)21-24-19(25-29-21)17-10-15(22)6-7-18(17)28-3;1-13-10-15(12-23-20(13)26-9-5-4-6-14(26)2)21-24-19(25-28-21)17-11-16(22)7-8-18(17)27-3;1-13-5-3-4-10-25(13)18-9-6-14(12-22-18)20-23-19(24-27-20)16-11-15(21)7-8-17(16)26-2/h4-12H,1-3H3;6-7,9-11,16H,4-5,8,12H2,1-3H3;7-8,10-12,14H,4-6,9H2,1-3H3;6-9,11-13H,3-5,10H2,1-2H3. The van der Waals surface area contributed by atoms with Crippen molar-refractivity contribution in [1.29, 1.82) is 0 Å². The van der Waals surface area contributed by atoms with Crippen molar-refractivity contribution < 1.29 is 59.3 Å². The summed E-state index contributed by atoms with van der Waals surface area (Å²) in [6.45, 7) is 16.2. The van der Waals surface area contributed by atoms with E-state index in [0.29, 0.717) is 99.1 Å². The van der Waals surface area contributed by atoms with Gasteiger partial charge < -0.3 is 56.5 Å². The zero-order valence-electron chi connectivity index (χ0n) is 64.0. The van der Waals surface area contributed by atoms with Gasteiger partial charge in [0.25, 0.3) is 23.6 Å². The summed E-state index contributed by atoms with van der Waals surface area (Å²) >= 11 is 0. The number of pyridine rings is 4. The zero-order chi connectivity index (χ0) is 78.5. The molecule has 5 aromatic carbocycles. The third-order valence-electron chi connectivity index (χ3n) is 19.9. The first-order chi connectivity index (χ1) is 54.4. The van der Waals surface area contributed by atoms with Crippen LogP contribution in [0, 0.1) is 51.0 Å². The summed E-state index contributed by atoms with van der Waals surface area (Å²) in [6.07, 6.45) is 16.5. The lowest BCUT2D eigenvalue weighted by Crippen LogP contribution is -2.38. The van der Waals surface area contributed by atoms with Crippen LogP contribution in [0.25, 0.3) is 102 Å². The minimum Gasteiger partial charge on any atom is -0.496 e. The molecule has 0 amide bonds. The maximum Gasteiger partial charge on any atom is 0.259 e. The number of nitrogens with zero attached hydrogens (tertiary/aromatic N) is 15. The number of hydrogen-bond donors (Lipinski definition) is 0. The van der Waals surface area contributed by atoms with Crippen LogP contribution in [0.1, 0.15) is 87.6 Å². The highest BCUT2D eigenvalue weighted by molar-refractivity contribution is 5.75. The summed E-state index contributed by atoms with van der Waals surface area (Å²) < 4.78 is 103. The Morgan fingerprint density at radius 1 is 0.384 bits per heavy atom. The molecule has 3 atom stereocenters. The topological polar surface area (TPSA) is 263 Å². The molecule has 3 fully saturated rings. The van der Waals surface area contributed by atoms with Crippen molar-refractivity contribution in [2.75, 3.05) is 76.5 Å². The molecule has 3 aliphatic rings. The minimum absolute atomic E-state index is 0.262. The summed E-state index contributed by atoms with van der Waals surface area (Å²) in [5.74, 6) is 5.70. The number of rotatable bonds is 18. The number of aryl methyl sites for hydroxylation is 4. The molecule has 3 aliphatic heterocycles. The van der Waals surface area contributed by atoms with Gasteiger partial charge in [-0.2, -0.15) is 19.9 Å². The molecule has 0 bridgehead atoms. The average Bonchev–Trinajstić information content (AvgIpc) is 1.62. The Morgan fingerprint density at radius 2 is 0.795 bits per heavy atom. The lowest BCUT2D eigenvalue weighted by atomic mass is 9.97. The Labute approximate surface area is 645 Å². The summed E-state index contributed by atoms with van der Waals surface area (Å²) in [5.41, 5.74) is 11.0. The smallest absolute Gasteiger partial charge is 0.259 e. The van der Waals surface area contributed by atoms with Crippen LogP contribution in [0.5, 0.6) is 23.0 Å². The van der Waals surface area contributed by atoms with Gasteiger partial charge in [-0.3, -0.25) is 4.98 Å². The highest BCUT2D eigenvalue weighted by Gasteiger charge is 2.29. The van der Waals surface area contributed by atoms with Crippen LogP contribution in [0.4, 0.5) is 35.0 Å². The second-order valence-electron chi connectivity index (χ2n) is 27.4. The van der Waals surface area contributed by atoms with Crippen molar-refractivity contribution in [1.82, 2.24) is 60.5 Å². The molecule has 8 aromatic heterocycles. The van der Waals surface area contributed by atoms with Crippen LogP contribution >= 0.6 is 0 Å². The molecule has 0 spiro atoms. The molecule has 28 heteroatoms. The Balaban J connectivity index is 0.000000131. The van der Waals surface area contributed by atoms with E-state index in [1.165, 1.54) is 134 Å². The fourth-order valence-electron chi connectivity index (χ4n) is 14.1.